The van der Waals surface area contributed by atoms with Gasteiger partial charge in [0.1, 0.15) is 5.54 Å². The smallest absolute Gasteiger partial charge is 0.207 e. The van der Waals surface area contributed by atoms with E-state index in [0.29, 0.717) is 15.5 Å². The average molecular weight is 370 g/mol. The zero-order valence-electron chi connectivity index (χ0n) is 13.5. The normalized spacial score (nSPS) is 21.0. The Balaban J connectivity index is 2.10. The molecule has 0 spiro atoms. The molecule has 0 radical (unpaired) electrons. The molecule has 3 nitrogen and oxygen atoms in total. The van der Waals surface area contributed by atoms with Gasteiger partial charge in [-0.25, -0.2) is 8.42 Å². The van der Waals surface area contributed by atoms with Crippen LogP contribution in [0.3, 0.4) is 0 Å². The van der Waals surface area contributed by atoms with E-state index in [1.165, 1.54) is 0 Å². The predicted octanol–water partition coefficient (Wildman–Crippen LogP) is 4.23. The van der Waals surface area contributed by atoms with Crippen molar-refractivity contribution < 1.29 is 8.42 Å². The molecule has 4 rings (SSSR count). The Bertz CT molecular complexity index is 1060. The number of rotatable bonds is 2. The van der Waals surface area contributed by atoms with Crippen molar-refractivity contribution in [1.29, 1.82) is 0 Å². The summed E-state index contributed by atoms with van der Waals surface area (Å²) in [7, 11) is -3.63. The van der Waals surface area contributed by atoms with E-state index < -0.39 is 15.6 Å². The van der Waals surface area contributed by atoms with E-state index in [9.17, 15) is 8.42 Å². The molecule has 0 bridgehead atoms. The fourth-order valence-corrected chi connectivity index (χ4v) is 5.26. The highest BCUT2D eigenvalue weighted by Gasteiger charge is 2.48. The van der Waals surface area contributed by atoms with Gasteiger partial charge in [0, 0.05) is 10.6 Å². The van der Waals surface area contributed by atoms with Crippen molar-refractivity contribution in [2.75, 3.05) is 0 Å². The predicted molar refractivity (Wildman–Crippen MR) is 99.3 cm³/mol. The van der Waals surface area contributed by atoms with Gasteiger partial charge in [0.2, 0.25) is 10.0 Å². The zero-order chi connectivity index (χ0) is 17.7. The van der Waals surface area contributed by atoms with Crippen LogP contribution in [0, 0.1) is 6.92 Å². The summed E-state index contributed by atoms with van der Waals surface area (Å²) >= 11 is 6.22. The third-order valence-electron chi connectivity index (χ3n) is 4.61. The van der Waals surface area contributed by atoms with Crippen LogP contribution in [0.4, 0.5) is 0 Å². The minimum Gasteiger partial charge on any atom is -0.207 e. The Morgan fingerprint density at radius 2 is 1.60 bits per heavy atom. The van der Waals surface area contributed by atoms with E-state index in [2.05, 4.69) is 4.72 Å². The Labute approximate surface area is 152 Å². The number of hydrogen-bond acceptors (Lipinski definition) is 2. The summed E-state index contributed by atoms with van der Waals surface area (Å²) in [6, 6.07) is 22.3. The van der Waals surface area contributed by atoms with E-state index in [1.807, 2.05) is 61.5 Å². The van der Waals surface area contributed by atoms with Crippen molar-refractivity contribution in [1.82, 2.24) is 4.72 Å². The highest BCUT2D eigenvalue weighted by atomic mass is 35.5. The van der Waals surface area contributed by atoms with Crippen LogP contribution in [-0.4, -0.2) is 8.42 Å². The Morgan fingerprint density at radius 1 is 0.880 bits per heavy atom. The third kappa shape index (κ3) is 2.49. The van der Waals surface area contributed by atoms with Crippen molar-refractivity contribution in [3.63, 3.8) is 0 Å². The molecule has 126 valence electrons. The van der Waals surface area contributed by atoms with Gasteiger partial charge in [-0.1, -0.05) is 71.8 Å². The molecule has 0 aromatic heterocycles. The largest absolute Gasteiger partial charge is 0.242 e. The number of hydrogen-bond donors (Lipinski definition) is 1. The van der Waals surface area contributed by atoms with Crippen LogP contribution < -0.4 is 4.72 Å². The van der Waals surface area contributed by atoms with E-state index >= 15 is 0 Å². The van der Waals surface area contributed by atoms with Crippen LogP contribution >= 0.6 is 11.6 Å². The summed E-state index contributed by atoms with van der Waals surface area (Å²) in [5.74, 6) is 0. The van der Waals surface area contributed by atoms with Gasteiger partial charge >= 0.3 is 0 Å². The molecular formula is C20H16ClNO2S. The molecule has 0 unspecified atom stereocenters. The van der Waals surface area contributed by atoms with Crippen molar-refractivity contribution in [3.8, 4) is 0 Å². The molecule has 3 aromatic carbocycles. The third-order valence-corrected chi connectivity index (χ3v) is 6.36. The summed E-state index contributed by atoms with van der Waals surface area (Å²) in [6.07, 6.45) is 0. The number of halogens is 1. The maximum Gasteiger partial charge on any atom is 0.242 e. The topological polar surface area (TPSA) is 46.2 Å². The van der Waals surface area contributed by atoms with Crippen LogP contribution in [0.2, 0.25) is 5.02 Å². The molecule has 0 saturated carbocycles. The lowest BCUT2D eigenvalue weighted by Gasteiger charge is -2.31. The van der Waals surface area contributed by atoms with E-state index in [-0.39, 0.29) is 0 Å². The Kier molecular flexibility index (Phi) is 3.72. The van der Waals surface area contributed by atoms with Crippen molar-refractivity contribution in [3.05, 3.63) is 100 Å². The molecule has 1 aliphatic heterocycles. The van der Waals surface area contributed by atoms with E-state index in [4.69, 9.17) is 11.6 Å². The molecule has 1 N–H and O–H groups in total. The number of fused-ring (bicyclic) bond motifs is 1. The van der Waals surface area contributed by atoms with Gasteiger partial charge in [0.05, 0.1) is 4.90 Å². The van der Waals surface area contributed by atoms with Crippen LogP contribution in [0.15, 0.2) is 77.7 Å². The molecule has 0 aliphatic carbocycles. The first-order valence-corrected chi connectivity index (χ1v) is 9.76. The van der Waals surface area contributed by atoms with Gasteiger partial charge < -0.3 is 0 Å². The van der Waals surface area contributed by atoms with Crippen LogP contribution in [0.25, 0.3) is 0 Å². The summed E-state index contributed by atoms with van der Waals surface area (Å²) in [6.45, 7) is 2.00. The van der Waals surface area contributed by atoms with Gasteiger partial charge in [-0.3, -0.25) is 0 Å². The van der Waals surface area contributed by atoms with Crippen LogP contribution in [-0.2, 0) is 15.6 Å². The molecular weight excluding hydrogens is 354 g/mol. The molecule has 5 heteroatoms. The standard InChI is InChI=1S/C20H16ClNO2S/c1-14-9-11-15(12-10-14)20(16-5-4-6-17(21)13-16)18-7-2-3-8-19(18)25(23,24)22-20/h2-13,22H,1H3/t20-/m0/s1. The highest BCUT2D eigenvalue weighted by Crippen LogP contribution is 2.45. The van der Waals surface area contributed by atoms with Crippen molar-refractivity contribution >= 4 is 21.6 Å². The van der Waals surface area contributed by atoms with E-state index in [0.717, 1.165) is 16.7 Å². The van der Waals surface area contributed by atoms with Gasteiger partial charge in [-0.15, -0.1) is 0 Å². The lowest BCUT2D eigenvalue weighted by Crippen LogP contribution is -2.41. The second kappa shape index (κ2) is 5.70. The molecule has 1 heterocycles. The molecule has 1 aliphatic rings. The molecule has 1 atom stereocenters. The minimum absolute atomic E-state index is 0.301. The lowest BCUT2D eigenvalue weighted by molar-refractivity contribution is 0.552. The van der Waals surface area contributed by atoms with E-state index in [1.54, 1.807) is 18.2 Å². The quantitative estimate of drug-likeness (QED) is 0.734. The highest BCUT2D eigenvalue weighted by molar-refractivity contribution is 7.90. The number of aryl methyl sites for hydroxylation is 1. The first-order valence-electron chi connectivity index (χ1n) is 7.90. The first kappa shape index (κ1) is 16.3. The van der Waals surface area contributed by atoms with Gasteiger partial charge in [-0.2, -0.15) is 4.72 Å². The van der Waals surface area contributed by atoms with Gasteiger partial charge in [-0.05, 0) is 36.2 Å². The minimum atomic E-state index is -3.63. The molecule has 0 fully saturated rings. The molecule has 0 saturated heterocycles. The SMILES string of the molecule is Cc1ccc([C@@]2(c3cccc(Cl)c3)NS(=O)(=O)c3ccccc32)cc1. The first-order chi connectivity index (χ1) is 11.9. The summed E-state index contributed by atoms with van der Waals surface area (Å²) < 4.78 is 28.5. The number of nitrogens with one attached hydrogen (secondary N) is 1. The van der Waals surface area contributed by atoms with Crippen LogP contribution in [0.1, 0.15) is 22.3 Å². The maximum absolute atomic E-state index is 12.8. The Morgan fingerprint density at radius 3 is 2.32 bits per heavy atom. The number of sulfonamides is 1. The molecule has 3 aromatic rings. The monoisotopic (exact) mass is 369 g/mol. The maximum atomic E-state index is 12.8. The Hall–Kier alpha value is -2.14. The molecule has 25 heavy (non-hydrogen) atoms. The van der Waals surface area contributed by atoms with Gasteiger partial charge in [0.15, 0.2) is 0 Å². The summed E-state index contributed by atoms with van der Waals surface area (Å²) in [4.78, 5) is 0.301. The zero-order valence-corrected chi connectivity index (χ0v) is 15.1. The lowest BCUT2D eigenvalue weighted by atomic mass is 9.78. The molecule has 0 amide bonds. The fourth-order valence-electron chi connectivity index (χ4n) is 3.44. The van der Waals surface area contributed by atoms with Crippen molar-refractivity contribution in [2.24, 2.45) is 0 Å². The fraction of sp³-hybridized carbons (Fsp3) is 0.100. The summed E-state index contributed by atoms with van der Waals surface area (Å²) in [5.41, 5.74) is 2.47. The van der Waals surface area contributed by atoms with Crippen LogP contribution in [0.5, 0.6) is 0 Å². The average Bonchev–Trinajstić information content (AvgIpc) is 2.85. The van der Waals surface area contributed by atoms with Gasteiger partial charge in [0.25, 0.3) is 0 Å². The summed E-state index contributed by atoms with van der Waals surface area (Å²) in [5, 5.41) is 0.563. The van der Waals surface area contributed by atoms with Crippen molar-refractivity contribution in [2.45, 2.75) is 17.4 Å². The number of benzene rings is 3. The second-order valence-corrected chi connectivity index (χ2v) is 8.32. The second-order valence-electron chi connectivity index (χ2n) is 6.23.